The molecule has 0 amide bonds. The predicted octanol–water partition coefficient (Wildman–Crippen LogP) is 3.12. The van der Waals surface area contributed by atoms with Gasteiger partial charge in [0.2, 0.25) is 0 Å². The molecule has 2 aromatic rings. The van der Waals surface area contributed by atoms with Crippen LogP contribution in [-0.4, -0.2) is 21.0 Å². The van der Waals surface area contributed by atoms with Crippen molar-refractivity contribution in [1.29, 1.82) is 0 Å². The number of rotatable bonds is 5. The highest BCUT2D eigenvalue weighted by molar-refractivity contribution is 9.10. The highest BCUT2D eigenvalue weighted by atomic mass is 79.9. The van der Waals surface area contributed by atoms with Gasteiger partial charge in [-0.05, 0) is 22.0 Å². The number of hydrogen-bond acceptors (Lipinski definition) is 6. The number of halogens is 1. The monoisotopic (exact) mass is 357 g/mol. The molecular formula is C11H8BrN3O4S. The van der Waals surface area contributed by atoms with Gasteiger partial charge in [0.05, 0.1) is 11.5 Å². The van der Waals surface area contributed by atoms with Crippen LogP contribution in [0.3, 0.4) is 0 Å². The molecule has 9 heteroatoms. The van der Waals surface area contributed by atoms with Crippen molar-refractivity contribution < 1.29 is 14.8 Å². The van der Waals surface area contributed by atoms with Crippen LogP contribution in [0.2, 0.25) is 0 Å². The van der Waals surface area contributed by atoms with Gasteiger partial charge in [-0.3, -0.25) is 10.1 Å². The van der Waals surface area contributed by atoms with Crippen LogP contribution < -0.4 is 5.32 Å². The maximum Gasteiger partial charge on any atom is 0.339 e. The maximum absolute atomic E-state index is 11.1. The molecule has 0 saturated heterocycles. The molecule has 104 valence electrons. The van der Waals surface area contributed by atoms with Gasteiger partial charge in [-0.2, -0.15) is 0 Å². The number of nitrogens with one attached hydrogen (secondary N) is 1. The summed E-state index contributed by atoms with van der Waals surface area (Å²) < 4.78 is 0.939. The van der Waals surface area contributed by atoms with Crippen LogP contribution in [-0.2, 0) is 6.54 Å². The standard InChI is InChI=1S/C11H8BrN3O4S/c12-6-1-8(20-5-6)4-14-10-9(11(16)17)2-7(3-13-10)15(18)19/h1-3,5H,4H2,(H,13,14)(H,16,17). The molecular weight excluding hydrogens is 350 g/mol. The Kier molecular flexibility index (Phi) is 4.30. The first kappa shape index (κ1) is 14.4. The highest BCUT2D eigenvalue weighted by Crippen LogP contribution is 2.23. The summed E-state index contributed by atoms with van der Waals surface area (Å²) in [5.74, 6) is -1.16. The zero-order valence-corrected chi connectivity index (χ0v) is 12.3. The van der Waals surface area contributed by atoms with E-state index in [-0.39, 0.29) is 17.1 Å². The van der Waals surface area contributed by atoms with E-state index in [0.717, 1.165) is 21.6 Å². The van der Waals surface area contributed by atoms with Gasteiger partial charge >= 0.3 is 5.97 Å². The average Bonchev–Trinajstić information content (AvgIpc) is 2.81. The van der Waals surface area contributed by atoms with Gasteiger partial charge in [0.15, 0.2) is 0 Å². The summed E-state index contributed by atoms with van der Waals surface area (Å²) in [5.41, 5.74) is -0.582. The average molecular weight is 358 g/mol. The Hall–Kier alpha value is -2.00. The highest BCUT2D eigenvalue weighted by Gasteiger charge is 2.17. The first-order valence-electron chi connectivity index (χ1n) is 5.32. The van der Waals surface area contributed by atoms with Gasteiger partial charge in [-0.15, -0.1) is 11.3 Å². The summed E-state index contributed by atoms with van der Waals surface area (Å²) in [7, 11) is 0. The fraction of sp³-hybridized carbons (Fsp3) is 0.0909. The van der Waals surface area contributed by atoms with E-state index in [1.165, 1.54) is 11.3 Å². The smallest absolute Gasteiger partial charge is 0.339 e. The van der Waals surface area contributed by atoms with Gasteiger partial charge < -0.3 is 10.4 Å². The molecule has 2 N–H and O–H groups in total. The van der Waals surface area contributed by atoms with Crippen LogP contribution in [0.4, 0.5) is 11.5 Å². The zero-order valence-electron chi connectivity index (χ0n) is 9.87. The molecule has 0 atom stereocenters. The Labute approximate surface area is 125 Å². The molecule has 20 heavy (non-hydrogen) atoms. The van der Waals surface area contributed by atoms with Crippen molar-refractivity contribution in [2.75, 3.05) is 5.32 Å². The van der Waals surface area contributed by atoms with E-state index < -0.39 is 10.9 Å². The third kappa shape index (κ3) is 3.31. The summed E-state index contributed by atoms with van der Waals surface area (Å²) in [5, 5.41) is 24.5. The molecule has 0 radical (unpaired) electrons. The number of hydrogen-bond donors (Lipinski definition) is 2. The number of thiophene rings is 1. The van der Waals surface area contributed by atoms with Gasteiger partial charge in [-0.1, -0.05) is 0 Å². The Morgan fingerprint density at radius 1 is 1.55 bits per heavy atom. The molecule has 0 aliphatic heterocycles. The molecule has 2 aromatic heterocycles. The van der Waals surface area contributed by atoms with E-state index in [9.17, 15) is 14.9 Å². The van der Waals surface area contributed by atoms with Gasteiger partial charge in [0.25, 0.3) is 5.69 Å². The lowest BCUT2D eigenvalue weighted by Gasteiger charge is -2.07. The molecule has 0 aliphatic rings. The quantitative estimate of drug-likeness (QED) is 0.628. The van der Waals surface area contributed by atoms with Crippen molar-refractivity contribution in [3.63, 3.8) is 0 Å². The minimum absolute atomic E-state index is 0.104. The van der Waals surface area contributed by atoms with Crippen molar-refractivity contribution in [2.24, 2.45) is 0 Å². The molecule has 0 spiro atoms. The Morgan fingerprint density at radius 3 is 2.85 bits per heavy atom. The van der Waals surface area contributed by atoms with Crippen molar-refractivity contribution in [3.05, 3.63) is 48.7 Å². The Balaban J connectivity index is 2.22. The molecule has 0 bridgehead atoms. The second-order valence-corrected chi connectivity index (χ2v) is 5.65. The minimum atomic E-state index is -1.27. The maximum atomic E-state index is 11.1. The second kappa shape index (κ2) is 5.97. The summed E-state index contributed by atoms with van der Waals surface area (Å²) in [6.07, 6.45) is 1.03. The van der Waals surface area contributed by atoms with E-state index in [4.69, 9.17) is 5.11 Å². The summed E-state index contributed by atoms with van der Waals surface area (Å²) in [4.78, 5) is 25.8. The Bertz CT molecular complexity index is 673. The van der Waals surface area contributed by atoms with E-state index in [1.54, 1.807) is 0 Å². The van der Waals surface area contributed by atoms with Gasteiger partial charge in [0.1, 0.15) is 17.6 Å². The zero-order chi connectivity index (χ0) is 14.7. The molecule has 7 nitrogen and oxygen atoms in total. The van der Waals surface area contributed by atoms with E-state index in [0.29, 0.717) is 6.54 Å². The summed E-state index contributed by atoms with van der Waals surface area (Å²) in [6.45, 7) is 0.390. The number of nitro groups is 1. The van der Waals surface area contributed by atoms with Crippen LogP contribution in [0.1, 0.15) is 15.2 Å². The fourth-order valence-electron chi connectivity index (χ4n) is 1.47. The number of carbonyl (C=O) groups is 1. The second-order valence-electron chi connectivity index (χ2n) is 3.74. The van der Waals surface area contributed by atoms with Crippen molar-refractivity contribution >= 4 is 44.7 Å². The SMILES string of the molecule is O=C(O)c1cc([N+](=O)[O-])cnc1NCc1cc(Br)cs1. The number of anilines is 1. The van der Waals surface area contributed by atoms with Crippen molar-refractivity contribution in [3.8, 4) is 0 Å². The molecule has 0 saturated carbocycles. The number of aromatic carboxylic acids is 1. The number of carboxylic acid groups (broad SMARTS) is 1. The number of aromatic nitrogens is 1. The lowest BCUT2D eigenvalue weighted by molar-refractivity contribution is -0.385. The number of carboxylic acids is 1. The molecule has 2 rings (SSSR count). The largest absolute Gasteiger partial charge is 0.478 e. The van der Waals surface area contributed by atoms with Crippen molar-refractivity contribution in [1.82, 2.24) is 4.98 Å². The summed E-state index contributed by atoms with van der Waals surface area (Å²) >= 11 is 4.82. The first-order valence-corrected chi connectivity index (χ1v) is 6.99. The minimum Gasteiger partial charge on any atom is -0.478 e. The van der Waals surface area contributed by atoms with Gasteiger partial charge in [-0.25, -0.2) is 9.78 Å². The van der Waals surface area contributed by atoms with Crippen LogP contribution >= 0.6 is 27.3 Å². The normalized spacial score (nSPS) is 10.2. The fourth-order valence-corrected chi connectivity index (χ4v) is 2.87. The molecule has 2 heterocycles. The number of nitrogens with zero attached hydrogens (tertiary/aromatic N) is 2. The molecule has 0 unspecified atom stereocenters. The van der Waals surface area contributed by atoms with E-state index in [2.05, 4.69) is 26.2 Å². The third-order valence-corrected chi connectivity index (χ3v) is 4.06. The van der Waals surface area contributed by atoms with Crippen LogP contribution in [0.5, 0.6) is 0 Å². The van der Waals surface area contributed by atoms with Crippen molar-refractivity contribution in [2.45, 2.75) is 6.54 Å². The third-order valence-electron chi connectivity index (χ3n) is 2.37. The summed E-state index contributed by atoms with van der Waals surface area (Å²) in [6, 6.07) is 2.88. The van der Waals surface area contributed by atoms with E-state index in [1.807, 2.05) is 11.4 Å². The lowest BCUT2D eigenvalue weighted by atomic mass is 10.2. The van der Waals surface area contributed by atoms with E-state index >= 15 is 0 Å². The van der Waals surface area contributed by atoms with Crippen LogP contribution in [0, 0.1) is 10.1 Å². The van der Waals surface area contributed by atoms with Crippen LogP contribution in [0.25, 0.3) is 0 Å². The molecule has 0 aliphatic carbocycles. The van der Waals surface area contributed by atoms with Crippen LogP contribution in [0.15, 0.2) is 28.2 Å². The molecule has 0 fully saturated rings. The predicted molar refractivity (Wildman–Crippen MR) is 77.2 cm³/mol. The lowest BCUT2D eigenvalue weighted by Crippen LogP contribution is -2.08. The first-order chi connectivity index (χ1) is 9.47. The Morgan fingerprint density at radius 2 is 2.30 bits per heavy atom. The molecule has 0 aromatic carbocycles. The number of pyridine rings is 1. The topological polar surface area (TPSA) is 105 Å². The van der Waals surface area contributed by atoms with Gasteiger partial charge in [0, 0.05) is 20.8 Å².